The number of hydrogen-bond donors (Lipinski definition) is 0. The molecular formula is C16H12BrN3OS. The normalized spacial score (nSPS) is 11.4. The summed E-state index contributed by atoms with van der Waals surface area (Å²) in [5.41, 5.74) is 4.25. The van der Waals surface area contributed by atoms with Gasteiger partial charge in [-0.25, -0.2) is 9.97 Å². The molecule has 4 nitrogen and oxygen atoms in total. The van der Waals surface area contributed by atoms with E-state index in [0.717, 1.165) is 32.8 Å². The molecule has 22 heavy (non-hydrogen) atoms. The number of aromatic nitrogens is 3. The first-order valence-corrected chi connectivity index (χ1v) is 8.38. The van der Waals surface area contributed by atoms with E-state index >= 15 is 0 Å². The minimum atomic E-state index is 0.733. The number of ether oxygens (including phenoxy) is 1. The third kappa shape index (κ3) is 2.28. The van der Waals surface area contributed by atoms with Crippen molar-refractivity contribution in [1.29, 1.82) is 0 Å². The van der Waals surface area contributed by atoms with E-state index in [1.807, 2.05) is 24.5 Å². The summed E-state index contributed by atoms with van der Waals surface area (Å²) >= 11 is 5.12. The number of hydrogen-bond acceptors (Lipinski definition) is 4. The van der Waals surface area contributed by atoms with Crippen molar-refractivity contribution in [1.82, 2.24) is 14.5 Å². The van der Waals surface area contributed by atoms with Crippen LogP contribution in [0.5, 0.6) is 5.75 Å². The van der Waals surface area contributed by atoms with Crippen molar-refractivity contribution < 1.29 is 4.74 Å². The Balaban J connectivity index is 1.82. The van der Waals surface area contributed by atoms with Crippen LogP contribution in [-0.4, -0.2) is 21.6 Å². The Morgan fingerprint density at radius 2 is 2.18 bits per heavy atom. The van der Waals surface area contributed by atoms with Crippen LogP contribution in [0.1, 0.15) is 5.56 Å². The zero-order chi connectivity index (χ0) is 15.1. The standard InChI is InChI=1S/C16H12BrN3OS/c1-21-11-5-6-12-13(7-11)20(9-18-12)8-10-3-2-4-14-15(10)19-16(17)22-14/h2-7,9H,8H2,1H3. The predicted molar refractivity (Wildman–Crippen MR) is 92.7 cm³/mol. The Morgan fingerprint density at radius 3 is 3.05 bits per heavy atom. The van der Waals surface area contributed by atoms with Gasteiger partial charge in [-0.15, -0.1) is 11.3 Å². The molecular weight excluding hydrogens is 362 g/mol. The van der Waals surface area contributed by atoms with Gasteiger partial charge in [0.05, 0.1) is 41.2 Å². The number of nitrogens with zero attached hydrogens (tertiary/aromatic N) is 3. The molecule has 0 saturated carbocycles. The second kappa shape index (κ2) is 5.37. The summed E-state index contributed by atoms with van der Waals surface area (Å²) in [6.45, 7) is 0.733. The van der Waals surface area contributed by atoms with Gasteiger partial charge in [0.2, 0.25) is 0 Å². The molecule has 0 unspecified atom stereocenters. The van der Waals surface area contributed by atoms with Gasteiger partial charge in [0.15, 0.2) is 3.92 Å². The molecule has 0 aliphatic rings. The van der Waals surface area contributed by atoms with Crippen molar-refractivity contribution in [3.05, 3.63) is 52.2 Å². The lowest BCUT2D eigenvalue weighted by Crippen LogP contribution is -1.99. The molecule has 0 aliphatic heterocycles. The topological polar surface area (TPSA) is 39.9 Å². The summed E-state index contributed by atoms with van der Waals surface area (Å²) in [6, 6.07) is 12.2. The van der Waals surface area contributed by atoms with Gasteiger partial charge in [-0.05, 0) is 39.7 Å². The molecule has 0 spiro atoms. The molecule has 0 radical (unpaired) electrons. The van der Waals surface area contributed by atoms with Gasteiger partial charge < -0.3 is 9.30 Å². The summed E-state index contributed by atoms with van der Waals surface area (Å²) in [5.74, 6) is 0.837. The van der Waals surface area contributed by atoms with Crippen LogP contribution >= 0.6 is 27.3 Å². The van der Waals surface area contributed by atoms with E-state index in [0.29, 0.717) is 0 Å². The van der Waals surface area contributed by atoms with Gasteiger partial charge in [-0.2, -0.15) is 0 Å². The number of thiazole rings is 1. The molecule has 2 heterocycles. The van der Waals surface area contributed by atoms with Gasteiger partial charge in [0.1, 0.15) is 5.75 Å². The Morgan fingerprint density at radius 1 is 1.27 bits per heavy atom. The average molecular weight is 374 g/mol. The molecule has 0 bridgehead atoms. The highest BCUT2D eigenvalue weighted by atomic mass is 79.9. The van der Waals surface area contributed by atoms with Crippen LogP contribution in [0.25, 0.3) is 21.3 Å². The van der Waals surface area contributed by atoms with E-state index in [9.17, 15) is 0 Å². The van der Waals surface area contributed by atoms with Crippen LogP contribution in [0.3, 0.4) is 0 Å². The van der Waals surface area contributed by atoms with Crippen LogP contribution in [0, 0.1) is 0 Å². The highest BCUT2D eigenvalue weighted by Gasteiger charge is 2.09. The third-order valence-electron chi connectivity index (χ3n) is 3.65. The number of benzene rings is 2. The van der Waals surface area contributed by atoms with Gasteiger partial charge >= 0.3 is 0 Å². The summed E-state index contributed by atoms with van der Waals surface area (Å²) in [4.78, 5) is 9.04. The van der Waals surface area contributed by atoms with E-state index in [2.05, 4.69) is 48.7 Å². The highest BCUT2D eigenvalue weighted by Crippen LogP contribution is 2.29. The van der Waals surface area contributed by atoms with Gasteiger partial charge in [-0.3, -0.25) is 0 Å². The molecule has 4 rings (SSSR count). The van der Waals surface area contributed by atoms with E-state index in [4.69, 9.17) is 4.74 Å². The lowest BCUT2D eigenvalue weighted by atomic mass is 10.2. The molecule has 2 aromatic carbocycles. The number of methoxy groups -OCH3 is 1. The molecule has 0 N–H and O–H groups in total. The Labute approximate surface area is 139 Å². The van der Waals surface area contributed by atoms with Crippen molar-refractivity contribution in [2.24, 2.45) is 0 Å². The zero-order valence-corrected chi connectivity index (χ0v) is 14.2. The SMILES string of the molecule is COc1ccc2ncn(Cc3cccc4sc(Br)nc34)c2c1. The summed E-state index contributed by atoms with van der Waals surface area (Å²) < 4.78 is 9.53. The van der Waals surface area contributed by atoms with Crippen LogP contribution in [-0.2, 0) is 6.54 Å². The van der Waals surface area contributed by atoms with Crippen LogP contribution in [0.2, 0.25) is 0 Å². The molecule has 6 heteroatoms. The Kier molecular flexibility index (Phi) is 3.35. The smallest absolute Gasteiger partial charge is 0.160 e. The maximum Gasteiger partial charge on any atom is 0.160 e. The molecule has 0 amide bonds. The quantitative estimate of drug-likeness (QED) is 0.531. The summed E-state index contributed by atoms with van der Waals surface area (Å²) in [5, 5.41) is 0. The number of para-hydroxylation sites is 1. The first-order valence-electron chi connectivity index (χ1n) is 6.77. The van der Waals surface area contributed by atoms with Crippen molar-refractivity contribution in [2.75, 3.05) is 7.11 Å². The minimum absolute atomic E-state index is 0.733. The van der Waals surface area contributed by atoms with Crippen molar-refractivity contribution >= 4 is 48.5 Å². The number of rotatable bonds is 3. The Hall–Kier alpha value is -1.92. The first-order chi connectivity index (χ1) is 10.7. The number of imidazole rings is 1. The van der Waals surface area contributed by atoms with Crippen molar-refractivity contribution in [3.8, 4) is 5.75 Å². The van der Waals surface area contributed by atoms with E-state index in [-0.39, 0.29) is 0 Å². The largest absolute Gasteiger partial charge is 0.497 e. The molecule has 2 aromatic heterocycles. The Bertz CT molecular complexity index is 976. The van der Waals surface area contributed by atoms with Crippen molar-refractivity contribution in [2.45, 2.75) is 6.54 Å². The van der Waals surface area contributed by atoms with Crippen LogP contribution < -0.4 is 4.74 Å². The molecule has 0 saturated heterocycles. The lowest BCUT2D eigenvalue weighted by molar-refractivity contribution is 0.415. The fourth-order valence-corrected chi connectivity index (χ4v) is 4.02. The fourth-order valence-electron chi connectivity index (χ4n) is 2.58. The van der Waals surface area contributed by atoms with E-state index in [1.54, 1.807) is 18.4 Å². The fraction of sp³-hybridized carbons (Fsp3) is 0.125. The second-order valence-electron chi connectivity index (χ2n) is 4.96. The molecule has 110 valence electrons. The highest BCUT2D eigenvalue weighted by molar-refractivity contribution is 9.11. The molecule has 0 fully saturated rings. The molecule has 0 atom stereocenters. The van der Waals surface area contributed by atoms with Gasteiger partial charge in [0.25, 0.3) is 0 Å². The van der Waals surface area contributed by atoms with Gasteiger partial charge in [-0.1, -0.05) is 12.1 Å². The van der Waals surface area contributed by atoms with Crippen LogP contribution in [0.4, 0.5) is 0 Å². The number of fused-ring (bicyclic) bond motifs is 2. The van der Waals surface area contributed by atoms with Gasteiger partial charge in [0, 0.05) is 6.07 Å². The summed E-state index contributed by atoms with van der Waals surface area (Å²) in [7, 11) is 1.68. The molecule has 0 aliphatic carbocycles. The molecule has 4 aromatic rings. The van der Waals surface area contributed by atoms with E-state index in [1.165, 1.54) is 10.3 Å². The third-order valence-corrected chi connectivity index (χ3v) is 5.12. The summed E-state index contributed by atoms with van der Waals surface area (Å²) in [6.07, 6.45) is 1.87. The number of halogens is 1. The maximum atomic E-state index is 5.31. The van der Waals surface area contributed by atoms with Crippen LogP contribution in [0.15, 0.2) is 46.6 Å². The predicted octanol–water partition coefficient (Wildman–Crippen LogP) is 4.47. The zero-order valence-electron chi connectivity index (χ0n) is 11.8. The van der Waals surface area contributed by atoms with Crippen molar-refractivity contribution in [3.63, 3.8) is 0 Å². The monoisotopic (exact) mass is 373 g/mol. The van der Waals surface area contributed by atoms with E-state index < -0.39 is 0 Å². The first kappa shape index (κ1) is 13.7. The average Bonchev–Trinajstić information content (AvgIpc) is 3.10. The second-order valence-corrected chi connectivity index (χ2v) is 7.26. The lowest BCUT2D eigenvalue weighted by Gasteiger charge is -2.06. The minimum Gasteiger partial charge on any atom is -0.497 e. The maximum absolute atomic E-state index is 5.31.